The van der Waals surface area contributed by atoms with Crippen LogP contribution in [0.5, 0.6) is 5.75 Å². The minimum Gasteiger partial charge on any atom is -0.480 e. The van der Waals surface area contributed by atoms with Crippen molar-refractivity contribution in [3.63, 3.8) is 0 Å². The van der Waals surface area contributed by atoms with E-state index in [1.165, 1.54) is 6.92 Å². The normalized spacial score (nSPS) is 13.5. The quantitative estimate of drug-likeness (QED) is 0.802. The molecule has 1 rings (SSSR count). The van der Waals surface area contributed by atoms with Gasteiger partial charge in [-0.05, 0) is 39.3 Å². The number of benzene rings is 1. The lowest BCUT2D eigenvalue weighted by Gasteiger charge is -2.18. The van der Waals surface area contributed by atoms with Crippen molar-refractivity contribution in [3.8, 4) is 5.75 Å². The summed E-state index contributed by atoms with van der Waals surface area (Å²) in [4.78, 5) is 23.3. The van der Waals surface area contributed by atoms with Crippen molar-refractivity contribution in [2.75, 3.05) is 0 Å². The molecule has 104 valence electrons. The van der Waals surface area contributed by atoms with Gasteiger partial charge in [-0.25, -0.2) is 0 Å². The number of carbonyl (C=O) groups excluding carboxylic acids is 2. The highest BCUT2D eigenvalue weighted by atomic mass is 16.5. The molecule has 0 aromatic heterocycles. The molecule has 0 saturated carbocycles. The summed E-state index contributed by atoms with van der Waals surface area (Å²) in [6.07, 6.45) is 0.233. The van der Waals surface area contributed by atoms with Crippen molar-refractivity contribution in [3.05, 3.63) is 29.8 Å². The van der Waals surface area contributed by atoms with Gasteiger partial charge in [0.1, 0.15) is 5.75 Å². The lowest BCUT2D eigenvalue weighted by atomic mass is 10.1. The summed E-state index contributed by atoms with van der Waals surface area (Å²) in [6.45, 7) is 7.09. The Morgan fingerprint density at radius 3 is 2.47 bits per heavy atom. The topological polar surface area (TPSA) is 55.4 Å². The number of carbonyl (C=O) groups is 2. The van der Waals surface area contributed by atoms with Gasteiger partial charge in [0.2, 0.25) is 0 Å². The van der Waals surface area contributed by atoms with Gasteiger partial charge in [0.25, 0.3) is 5.91 Å². The van der Waals surface area contributed by atoms with Crippen molar-refractivity contribution in [2.45, 2.75) is 46.3 Å². The maximum atomic E-state index is 11.9. The highest BCUT2D eigenvalue weighted by Crippen LogP contribution is 2.19. The largest absolute Gasteiger partial charge is 0.480 e. The molecular weight excluding hydrogens is 242 g/mol. The summed E-state index contributed by atoms with van der Waals surface area (Å²) in [5.41, 5.74) is 0.491. The zero-order chi connectivity index (χ0) is 14.4. The minimum atomic E-state index is -0.630. The van der Waals surface area contributed by atoms with E-state index >= 15 is 0 Å². The molecule has 0 aliphatic rings. The van der Waals surface area contributed by atoms with Crippen LogP contribution in [0.1, 0.15) is 44.5 Å². The van der Waals surface area contributed by atoms with Crippen molar-refractivity contribution in [2.24, 2.45) is 0 Å². The molecule has 0 radical (unpaired) electrons. The molecule has 0 bridgehead atoms. The van der Waals surface area contributed by atoms with Crippen LogP contribution in [0.15, 0.2) is 24.3 Å². The minimum absolute atomic E-state index is 0.0786. The van der Waals surface area contributed by atoms with Crippen LogP contribution in [-0.2, 0) is 4.79 Å². The molecule has 0 heterocycles. The van der Waals surface area contributed by atoms with E-state index in [9.17, 15) is 9.59 Å². The van der Waals surface area contributed by atoms with Crippen LogP contribution >= 0.6 is 0 Å². The van der Waals surface area contributed by atoms with Gasteiger partial charge in [0.15, 0.2) is 11.9 Å². The van der Waals surface area contributed by atoms with Crippen LogP contribution in [0.25, 0.3) is 0 Å². The van der Waals surface area contributed by atoms with E-state index in [0.717, 1.165) is 6.42 Å². The first kappa shape index (κ1) is 15.2. The Balaban J connectivity index is 2.74. The molecule has 1 amide bonds. The number of amides is 1. The summed E-state index contributed by atoms with van der Waals surface area (Å²) >= 11 is 0. The van der Waals surface area contributed by atoms with E-state index in [0.29, 0.717) is 11.3 Å². The molecule has 2 atom stereocenters. The molecule has 0 aliphatic carbocycles. The van der Waals surface area contributed by atoms with Gasteiger partial charge in [-0.15, -0.1) is 0 Å². The number of ether oxygens (including phenoxy) is 1. The highest BCUT2D eigenvalue weighted by molar-refractivity contribution is 5.96. The Hall–Kier alpha value is -1.84. The monoisotopic (exact) mass is 263 g/mol. The molecule has 1 aromatic carbocycles. The molecule has 0 aliphatic heterocycles. The molecule has 19 heavy (non-hydrogen) atoms. The standard InChI is InChI=1S/C15H21NO3/c1-5-10(2)16-15(18)12(4)19-14-9-7-6-8-13(14)11(3)17/h6-10,12H,5H2,1-4H3,(H,16,18). The second-order valence-electron chi connectivity index (χ2n) is 4.63. The smallest absolute Gasteiger partial charge is 0.260 e. The predicted molar refractivity (Wildman–Crippen MR) is 74.4 cm³/mol. The Morgan fingerprint density at radius 2 is 1.89 bits per heavy atom. The fraction of sp³-hybridized carbons (Fsp3) is 0.467. The summed E-state index contributed by atoms with van der Waals surface area (Å²) in [7, 11) is 0. The Bertz CT molecular complexity index is 456. The lowest BCUT2D eigenvalue weighted by molar-refractivity contribution is -0.127. The van der Waals surface area contributed by atoms with E-state index in [1.54, 1.807) is 31.2 Å². The van der Waals surface area contributed by atoms with Gasteiger partial charge in [-0.1, -0.05) is 19.1 Å². The third-order valence-electron chi connectivity index (χ3n) is 2.94. The van der Waals surface area contributed by atoms with Crippen molar-refractivity contribution < 1.29 is 14.3 Å². The van der Waals surface area contributed by atoms with Crippen molar-refractivity contribution in [1.29, 1.82) is 0 Å². The van der Waals surface area contributed by atoms with Gasteiger partial charge in [-0.2, -0.15) is 0 Å². The molecule has 4 nitrogen and oxygen atoms in total. The Kier molecular flexibility index (Phi) is 5.55. The Morgan fingerprint density at radius 1 is 1.26 bits per heavy atom. The fourth-order valence-corrected chi connectivity index (χ4v) is 1.57. The average molecular weight is 263 g/mol. The van der Waals surface area contributed by atoms with Crippen LogP contribution in [0.4, 0.5) is 0 Å². The molecule has 2 unspecified atom stereocenters. The van der Waals surface area contributed by atoms with E-state index < -0.39 is 6.10 Å². The first-order valence-electron chi connectivity index (χ1n) is 6.52. The summed E-state index contributed by atoms with van der Waals surface area (Å²) in [5.74, 6) is 0.194. The molecule has 1 aromatic rings. The number of rotatable bonds is 6. The average Bonchev–Trinajstić information content (AvgIpc) is 2.38. The molecular formula is C15H21NO3. The maximum Gasteiger partial charge on any atom is 0.260 e. The molecule has 4 heteroatoms. The number of hydrogen-bond acceptors (Lipinski definition) is 3. The number of hydrogen-bond donors (Lipinski definition) is 1. The van der Waals surface area contributed by atoms with Crippen LogP contribution in [-0.4, -0.2) is 23.8 Å². The van der Waals surface area contributed by atoms with E-state index in [4.69, 9.17) is 4.74 Å². The highest BCUT2D eigenvalue weighted by Gasteiger charge is 2.18. The third kappa shape index (κ3) is 4.39. The molecule has 1 N–H and O–H groups in total. The van der Waals surface area contributed by atoms with E-state index in [-0.39, 0.29) is 17.7 Å². The third-order valence-corrected chi connectivity index (χ3v) is 2.94. The number of ketones is 1. The zero-order valence-electron chi connectivity index (χ0n) is 11.9. The maximum absolute atomic E-state index is 11.9. The number of Topliss-reactive ketones (excluding diaryl/α,β-unsaturated/α-hetero) is 1. The molecule has 0 fully saturated rings. The van der Waals surface area contributed by atoms with E-state index in [1.807, 2.05) is 13.8 Å². The second kappa shape index (κ2) is 6.92. The van der Waals surface area contributed by atoms with Gasteiger partial charge < -0.3 is 10.1 Å². The first-order valence-corrected chi connectivity index (χ1v) is 6.52. The van der Waals surface area contributed by atoms with Crippen LogP contribution in [0.2, 0.25) is 0 Å². The van der Waals surface area contributed by atoms with Crippen LogP contribution in [0, 0.1) is 0 Å². The number of nitrogens with one attached hydrogen (secondary N) is 1. The zero-order valence-corrected chi connectivity index (χ0v) is 11.9. The second-order valence-corrected chi connectivity index (χ2v) is 4.63. The summed E-state index contributed by atoms with van der Waals surface area (Å²) in [5, 5.41) is 2.85. The molecule has 0 spiro atoms. The first-order chi connectivity index (χ1) is 8.95. The van der Waals surface area contributed by atoms with Gasteiger partial charge >= 0.3 is 0 Å². The van der Waals surface area contributed by atoms with Gasteiger partial charge in [0.05, 0.1) is 5.56 Å². The molecule has 0 saturated heterocycles. The lowest BCUT2D eigenvalue weighted by Crippen LogP contribution is -2.41. The summed E-state index contributed by atoms with van der Waals surface area (Å²) in [6, 6.07) is 7.05. The Labute approximate surface area is 114 Å². The fourth-order valence-electron chi connectivity index (χ4n) is 1.57. The van der Waals surface area contributed by atoms with Gasteiger partial charge in [0, 0.05) is 6.04 Å². The predicted octanol–water partition coefficient (Wildman–Crippen LogP) is 2.57. The number of para-hydroxylation sites is 1. The van der Waals surface area contributed by atoms with Crippen LogP contribution < -0.4 is 10.1 Å². The van der Waals surface area contributed by atoms with Crippen LogP contribution in [0.3, 0.4) is 0 Å². The SMILES string of the molecule is CCC(C)NC(=O)C(C)Oc1ccccc1C(C)=O. The summed E-state index contributed by atoms with van der Waals surface area (Å²) < 4.78 is 5.58. The van der Waals surface area contributed by atoms with Crippen molar-refractivity contribution in [1.82, 2.24) is 5.32 Å². The van der Waals surface area contributed by atoms with Crippen molar-refractivity contribution >= 4 is 11.7 Å². The van der Waals surface area contributed by atoms with E-state index in [2.05, 4.69) is 5.32 Å². The van der Waals surface area contributed by atoms with Gasteiger partial charge in [-0.3, -0.25) is 9.59 Å².